The van der Waals surface area contributed by atoms with Crippen LogP contribution < -0.4 is 5.32 Å². The molecule has 0 aliphatic rings. The lowest BCUT2D eigenvalue weighted by atomic mass is 10.0. The van der Waals surface area contributed by atoms with Crippen LogP contribution in [0.25, 0.3) is 0 Å². The Balaban J connectivity index is 2.66. The molecule has 1 N–H and O–H groups in total. The third-order valence-electron chi connectivity index (χ3n) is 2.55. The van der Waals surface area contributed by atoms with Gasteiger partial charge in [-0.2, -0.15) is 13.2 Å². The predicted molar refractivity (Wildman–Crippen MR) is 68.2 cm³/mol. The Morgan fingerprint density at radius 3 is 2.44 bits per heavy atom. The Bertz CT molecular complexity index is 393. The van der Waals surface area contributed by atoms with Crippen LogP contribution in [0.4, 0.5) is 13.2 Å². The van der Waals surface area contributed by atoms with Crippen molar-refractivity contribution >= 4 is 23.2 Å². The molecule has 18 heavy (non-hydrogen) atoms. The van der Waals surface area contributed by atoms with E-state index in [1.807, 2.05) is 6.92 Å². The molecule has 0 spiro atoms. The molecule has 0 aliphatic carbocycles. The zero-order chi connectivity index (χ0) is 13.8. The smallest absolute Gasteiger partial charge is 0.310 e. The standard InChI is InChI=1S/C12H14Cl2F3N/c1-2-11(18-6-5-12(15,16)17)9-4-3-8(13)7-10(9)14/h3-4,7,11,18H,2,5-6H2,1H3. The third kappa shape index (κ3) is 5.04. The fourth-order valence-electron chi connectivity index (χ4n) is 1.65. The molecule has 1 aromatic rings. The third-order valence-corrected chi connectivity index (χ3v) is 3.11. The van der Waals surface area contributed by atoms with Gasteiger partial charge in [-0.15, -0.1) is 0 Å². The lowest BCUT2D eigenvalue weighted by molar-refractivity contribution is -0.133. The van der Waals surface area contributed by atoms with Crippen molar-refractivity contribution in [2.75, 3.05) is 6.54 Å². The summed E-state index contributed by atoms with van der Waals surface area (Å²) in [6.45, 7) is 1.76. The molecule has 0 saturated carbocycles. The summed E-state index contributed by atoms with van der Waals surface area (Å²) in [7, 11) is 0. The molecule has 0 amide bonds. The van der Waals surface area contributed by atoms with E-state index in [9.17, 15) is 13.2 Å². The summed E-state index contributed by atoms with van der Waals surface area (Å²) in [5, 5.41) is 3.83. The Morgan fingerprint density at radius 1 is 1.28 bits per heavy atom. The number of benzene rings is 1. The molecule has 1 rings (SSSR count). The van der Waals surface area contributed by atoms with Crippen molar-refractivity contribution in [2.45, 2.75) is 32.0 Å². The molecule has 102 valence electrons. The highest BCUT2D eigenvalue weighted by molar-refractivity contribution is 6.35. The number of hydrogen-bond donors (Lipinski definition) is 1. The number of alkyl halides is 3. The van der Waals surface area contributed by atoms with Gasteiger partial charge in [-0.05, 0) is 24.1 Å². The molecular weight excluding hydrogens is 286 g/mol. The summed E-state index contributed by atoms with van der Waals surface area (Å²) < 4.78 is 36.2. The highest BCUT2D eigenvalue weighted by Gasteiger charge is 2.26. The van der Waals surface area contributed by atoms with Crippen LogP contribution in [-0.4, -0.2) is 12.7 Å². The zero-order valence-electron chi connectivity index (χ0n) is 9.82. The van der Waals surface area contributed by atoms with Gasteiger partial charge >= 0.3 is 6.18 Å². The van der Waals surface area contributed by atoms with Gasteiger partial charge in [0.1, 0.15) is 0 Å². The summed E-state index contributed by atoms with van der Waals surface area (Å²) in [6, 6.07) is 4.81. The van der Waals surface area contributed by atoms with E-state index in [4.69, 9.17) is 23.2 Å². The molecule has 0 heterocycles. The van der Waals surface area contributed by atoms with Crippen LogP contribution in [-0.2, 0) is 0 Å². The summed E-state index contributed by atoms with van der Waals surface area (Å²) in [6.07, 6.45) is -4.34. The van der Waals surface area contributed by atoms with Gasteiger partial charge in [0.2, 0.25) is 0 Å². The van der Waals surface area contributed by atoms with Crippen LogP contribution in [0.2, 0.25) is 10.0 Å². The molecule has 0 bridgehead atoms. The van der Waals surface area contributed by atoms with Crippen LogP contribution >= 0.6 is 23.2 Å². The van der Waals surface area contributed by atoms with E-state index < -0.39 is 12.6 Å². The molecule has 0 saturated heterocycles. The van der Waals surface area contributed by atoms with E-state index in [0.29, 0.717) is 16.5 Å². The molecule has 1 atom stereocenters. The minimum Gasteiger partial charge on any atom is -0.310 e. The largest absolute Gasteiger partial charge is 0.390 e. The van der Waals surface area contributed by atoms with Crippen LogP contribution in [0, 0.1) is 0 Å². The summed E-state index contributed by atoms with van der Waals surface area (Å²) in [4.78, 5) is 0. The van der Waals surface area contributed by atoms with Crippen molar-refractivity contribution in [1.82, 2.24) is 5.32 Å². The topological polar surface area (TPSA) is 12.0 Å². The number of rotatable bonds is 5. The maximum absolute atomic E-state index is 12.1. The zero-order valence-corrected chi connectivity index (χ0v) is 11.3. The Hall–Kier alpha value is -0.450. The fraction of sp³-hybridized carbons (Fsp3) is 0.500. The van der Waals surface area contributed by atoms with E-state index in [1.165, 1.54) is 0 Å². The average molecular weight is 300 g/mol. The van der Waals surface area contributed by atoms with Gasteiger partial charge in [0.25, 0.3) is 0 Å². The molecule has 0 radical (unpaired) electrons. The quantitative estimate of drug-likeness (QED) is 0.808. The van der Waals surface area contributed by atoms with Crippen molar-refractivity contribution in [3.8, 4) is 0 Å². The molecule has 0 aromatic heterocycles. The summed E-state index contributed by atoms with van der Waals surface area (Å²) in [5.41, 5.74) is 0.769. The lowest BCUT2D eigenvalue weighted by Crippen LogP contribution is -2.26. The van der Waals surface area contributed by atoms with Gasteiger partial charge in [0, 0.05) is 22.6 Å². The molecule has 0 aliphatic heterocycles. The summed E-state index contributed by atoms with van der Waals surface area (Å²) >= 11 is 11.8. The molecular formula is C12H14Cl2F3N. The molecule has 6 heteroatoms. The van der Waals surface area contributed by atoms with Gasteiger partial charge in [-0.3, -0.25) is 0 Å². The van der Waals surface area contributed by atoms with Gasteiger partial charge in [-0.25, -0.2) is 0 Å². The van der Waals surface area contributed by atoms with Crippen molar-refractivity contribution in [3.63, 3.8) is 0 Å². The van der Waals surface area contributed by atoms with E-state index in [2.05, 4.69) is 5.32 Å². The first-order valence-corrected chi connectivity index (χ1v) is 6.34. The Morgan fingerprint density at radius 2 is 1.94 bits per heavy atom. The molecule has 1 unspecified atom stereocenters. The van der Waals surface area contributed by atoms with Gasteiger partial charge in [0.15, 0.2) is 0 Å². The molecule has 0 fully saturated rings. The maximum atomic E-state index is 12.1. The SMILES string of the molecule is CCC(NCCC(F)(F)F)c1ccc(Cl)cc1Cl. The fourth-order valence-corrected chi connectivity index (χ4v) is 2.19. The van der Waals surface area contributed by atoms with E-state index in [1.54, 1.807) is 18.2 Å². The van der Waals surface area contributed by atoms with Crippen LogP contribution in [0.5, 0.6) is 0 Å². The van der Waals surface area contributed by atoms with Crippen molar-refractivity contribution in [1.29, 1.82) is 0 Å². The maximum Gasteiger partial charge on any atom is 0.390 e. The normalized spacial score (nSPS) is 13.7. The van der Waals surface area contributed by atoms with Crippen molar-refractivity contribution < 1.29 is 13.2 Å². The number of hydrogen-bond acceptors (Lipinski definition) is 1. The minimum absolute atomic E-state index is 0.124. The highest BCUT2D eigenvalue weighted by atomic mass is 35.5. The second kappa shape index (κ2) is 6.64. The van der Waals surface area contributed by atoms with E-state index >= 15 is 0 Å². The van der Waals surface area contributed by atoms with Crippen LogP contribution in [0.3, 0.4) is 0 Å². The van der Waals surface area contributed by atoms with Crippen LogP contribution in [0.15, 0.2) is 18.2 Å². The second-order valence-electron chi connectivity index (χ2n) is 3.95. The number of halogens is 5. The van der Waals surface area contributed by atoms with E-state index in [-0.39, 0.29) is 12.6 Å². The first-order chi connectivity index (χ1) is 8.33. The monoisotopic (exact) mass is 299 g/mol. The molecule has 1 nitrogen and oxygen atoms in total. The summed E-state index contributed by atoms with van der Waals surface area (Å²) in [5.74, 6) is 0. The van der Waals surface area contributed by atoms with Gasteiger partial charge in [0.05, 0.1) is 6.42 Å². The van der Waals surface area contributed by atoms with Crippen LogP contribution in [0.1, 0.15) is 31.4 Å². The first kappa shape index (κ1) is 15.6. The second-order valence-corrected chi connectivity index (χ2v) is 4.79. The number of nitrogens with one attached hydrogen (secondary N) is 1. The lowest BCUT2D eigenvalue weighted by Gasteiger charge is -2.19. The predicted octanol–water partition coefficient (Wildman–Crippen LogP) is 4.99. The highest BCUT2D eigenvalue weighted by Crippen LogP contribution is 2.28. The first-order valence-electron chi connectivity index (χ1n) is 5.58. The Kier molecular flexibility index (Phi) is 5.76. The minimum atomic E-state index is -4.14. The van der Waals surface area contributed by atoms with E-state index in [0.717, 1.165) is 5.56 Å². The Labute approximate surface area is 114 Å². The average Bonchev–Trinajstić information content (AvgIpc) is 2.24. The van der Waals surface area contributed by atoms with Crippen molar-refractivity contribution in [2.24, 2.45) is 0 Å². The van der Waals surface area contributed by atoms with Gasteiger partial charge in [-0.1, -0.05) is 36.2 Å². The molecule has 1 aromatic carbocycles. The van der Waals surface area contributed by atoms with Gasteiger partial charge < -0.3 is 5.32 Å². The van der Waals surface area contributed by atoms with Crippen molar-refractivity contribution in [3.05, 3.63) is 33.8 Å².